The molecule has 0 amide bonds. The zero-order valence-electron chi connectivity index (χ0n) is 11.3. The van der Waals surface area contributed by atoms with Crippen LogP contribution in [0.1, 0.15) is 18.5 Å². The summed E-state index contributed by atoms with van der Waals surface area (Å²) in [4.78, 5) is 7.77. The van der Waals surface area contributed by atoms with Gasteiger partial charge in [-0.25, -0.2) is 4.98 Å². The van der Waals surface area contributed by atoms with Gasteiger partial charge in [-0.2, -0.15) is 13.2 Å². The molecular formula is C14H14F3N3O. The molecule has 0 aromatic carbocycles. The minimum absolute atomic E-state index is 0.0248. The molecule has 0 saturated heterocycles. The van der Waals surface area contributed by atoms with Crippen LogP contribution < -0.4 is 10.1 Å². The molecule has 0 saturated carbocycles. The van der Waals surface area contributed by atoms with E-state index in [1.54, 1.807) is 18.5 Å². The highest BCUT2D eigenvalue weighted by Crippen LogP contribution is 2.21. The molecule has 1 unspecified atom stereocenters. The molecule has 0 aliphatic rings. The molecule has 2 aromatic heterocycles. The molecule has 0 aliphatic heterocycles. The summed E-state index contributed by atoms with van der Waals surface area (Å²) in [5, 5.41) is 3.19. The summed E-state index contributed by atoms with van der Waals surface area (Å²) in [5.41, 5.74) is 1.74. The van der Waals surface area contributed by atoms with Crippen molar-refractivity contribution in [2.24, 2.45) is 0 Å². The van der Waals surface area contributed by atoms with Crippen LogP contribution in [0.3, 0.4) is 0 Å². The predicted octanol–water partition coefficient (Wildman–Crippen LogP) is 3.59. The van der Waals surface area contributed by atoms with Crippen LogP contribution >= 0.6 is 0 Å². The fourth-order valence-corrected chi connectivity index (χ4v) is 1.69. The van der Waals surface area contributed by atoms with Gasteiger partial charge in [-0.1, -0.05) is 0 Å². The number of hydrogen-bond acceptors (Lipinski definition) is 4. The first-order chi connectivity index (χ1) is 9.94. The van der Waals surface area contributed by atoms with Crippen molar-refractivity contribution in [1.29, 1.82) is 0 Å². The van der Waals surface area contributed by atoms with Gasteiger partial charge in [0.25, 0.3) is 0 Å². The van der Waals surface area contributed by atoms with Crippen molar-refractivity contribution in [2.75, 3.05) is 11.9 Å². The Balaban J connectivity index is 1.93. The van der Waals surface area contributed by atoms with E-state index in [2.05, 4.69) is 20.0 Å². The number of alkyl halides is 3. The van der Waals surface area contributed by atoms with Crippen LogP contribution in [0.4, 0.5) is 18.9 Å². The predicted molar refractivity (Wildman–Crippen MR) is 72.1 cm³/mol. The Labute approximate surface area is 120 Å². The molecule has 0 spiro atoms. The van der Waals surface area contributed by atoms with Crippen molar-refractivity contribution in [3.05, 3.63) is 48.4 Å². The van der Waals surface area contributed by atoms with Gasteiger partial charge in [0.15, 0.2) is 6.61 Å². The summed E-state index contributed by atoms with van der Waals surface area (Å²) < 4.78 is 40.6. The lowest BCUT2D eigenvalue weighted by molar-refractivity contribution is -0.154. The van der Waals surface area contributed by atoms with Crippen LogP contribution in [0, 0.1) is 0 Å². The molecule has 0 aliphatic carbocycles. The second kappa shape index (κ2) is 6.43. The van der Waals surface area contributed by atoms with E-state index in [0.717, 1.165) is 5.56 Å². The highest BCUT2D eigenvalue weighted by Gasteiger charge is 2.28. The Kier molecular flexibility index (Phi) is 4.62. The lowest BCUT2D eigenvalue weighted by Crippen LogP contribution is -2.19. The van der Waals surface area contributed by atoms with Gasteiger partial charge in [0.2, 0.25) is 5.88 Å². The molecule has 7 heteroatoms. The van der Waals surface area contributed by atoms with Crippen molar-refractivity contribution >= 4 is 5.69 Å². The van der Waals surface area contributed by atoms with Gasteiger partial charge in [-0.3, -0.25) is 4.98 Å². The number of nitrogens with one attached hydrogen (secondary N) is 1. The molecule has 2 heterocycles. The maximum absolute atomic E-state index is 12.0. The Morgan fingerprint density at radius 3 is 2.48 bits per heavy atom. The third kappa shape index (κ3) is 4.94. The third-order valence-corrected chi connectivity index (χ3v) is 2.71. The zero-order valence-corrected chi connectivity index (χ0v) is 11.3. The lowest BCUT2D eigenvalue weighted by atomic mass is 10.1. The van der Waals surface area contributed by atoms with E-state index in [1.807, 2.05) is 19.1 Å². The molecule has 0 fully saturated rings. The van der Waals surface area contributed by atoms with Crippen LogP contribution in [0.15, 0.2) is 42.9 Å². The van der Waals surface area contributed by atoms with Crippen LogP contribution in [-0.4, -0.2) is 22.8 Å². The van der Waals surface area contributed by atoms with Gasteiger partial charge < -0.3 is 10.1 Å². The third-order valence-electron chi connectivity index (χ3n) is 2.71. The number of hydrogen-bond donors (Lipinski definition) is 1. The molecule has 0 radical (unpaired) electrons. The van der Waals surface area contributed by atoms with E-state index in [0.29, 0.717) is 5.69 Å². The molecule has 112 valence electrons. The molecule has 1 N–H and O–H groups in total. The average Bonchev–Trinajstić information content (AvgIpc) is 2.46. The number of pyridine rings is 2. The first-order valence-electron chi connectivity index (χ1n) is 6.26. The van der Waals surface area contributed by atoms with Crippen molar-refractivity contribution in [2.45, 2.75) is 19.1 Å². The van der Waals surface area contributed by atoms with E-state index in [-0.39, 0.29) is 11.9 Å². The summed E-state index contributed by atoms with van der Waals surface area (Å²) in [6.07, 6.45) is 0.456. The topological polar surface area (TPSA) is 47.0 Å². The summed E-state index contributed by atoms with van der Waals surface area (Å²) in [5.74, 6) is -0.0607. The Bertz CT molecular complexity index is 558. The fraction of sp³-hybridized carbons (Fsp3) is 0.286. The van der Waals surface area contributed by atoms with E-state index in [1.165, 1.54) is 12.3 Å². The molecule has 1 atom stereocenters. The minimum atomic E-state index is -4.37. The van der Waals surface area contributed by atoms with E-state index in [4.69, 9.17) is 0 Å². The summed E-state index contributed by atoms with van der Waals surface area (Å²) in [6, 6.07) is 6.80. The van der Waals surface area contributed by atoms with Crippen LogP contribution in [0.2, 0.25) is 0 Å². The van der Waals surface area contributed by atoms with Gasteiger partial charge in [0, 0.05) is 24.5 Å². The van der Waals surface area contributed by atoms with Crippen molar-refractivity contribution in [3.8, 4) is 5.88 Å². The summed E-state index contributed by atoms with van der Waals surface area (Å²) in [6.45, 7) is 0.615. The van der Waals surface area contributed by atoms with Crippen LogP contribution in [-0.2, 0) is 0 Å². The van der Waals surface area contributed by atoms with Gasteiger partial charge in [0.05, 0.1) is 11.9 Å². The molecule has 2 rings (SSSR count). The van der Waals surface area contributed by atoms with Gasteiger partial charge in [-0.15, -0.1) is 0 Å². The number of anilines is 1. The number of aromatic nitrogens is 2. The van der Waals surface area contributed by atoms with Crippen molar-refractivity contribution < 1.29 is 17.9 Å². The molecular weight excluding hydrogens is 283 g/mol. The number of nitrogens with zero attached hydrogens (tertiary/aromatic N) is 2. The van der Waals surface area contributed by atoms with Crippen molar-refractivity contribution in [1.82, 2.24) is 9.97 Å². The quantitative estimate of drug-likeness (QED) is 0.916. The highest BCUT2D eigenvalue weighted by atomic mass is 19.4. The van der Waals surface area contributed by atoms with Gasteiger partial charge in [0.1, 0.15) is 0 Å². The summed E-state index contributed by atoms with van der Waals surface area (Å²) >= 11 is 0. The summed E-state index contributed by atoms with van der Waals surface area (Å²) in [7, 11) is 0. The first kappa shape index (κ1) is 15.1. The van der Waals surface area contributed by atoms with E-state index in [9.17, 15) is 13.2 Å². The fourth-order valence-electron chi connectivity index (χ4n) is 1.69. The van der Waals surface area contributed by atoms with E-state index >= 15 is 0 Å². The first-order valence-corrected chi connectivity index (χ1v) is 6.26. The van der Waals surface area contributed by atoms with Crippen LogP contribution in [0.25, 0.3) is 0 Å². The Morgan fingerprint density at radius 1 is 1.19 bits per heavy atom. The molecule has 4 nitrogen and oxygen atoms in total. The van der Waals surface area contributed by atoms with Gasteiger partial charge in [-0.05, 0) is 30.7 Å². The largest absolute Gasteiger partial charge is 0.468 e. The minimum Gasteiger partial charge on any atom is -0.468 e. The standard InChI is InChI=1S/C14H14F3N3O/c1-10(11-4-6-18-7-5-11)20-12-2-3-13(19-8-12)21-9-14(15,16)17/h2-8,10,20H,9H2,1H3. The molecule has 0 bridgehead atoms. The Hall–Kier alpha value is -2.31. The monoisotopic (exact) mass is 297 g/mol. The number of ether oxygens (including phenoxy) is 1. The molecule has 21 heavy (non-hydrogen) atoms. The SMILES string of the molecule is CC(Nc1ccc(OCC(F)(F)F)nc1)c1ccncc1. The Morgan fingerprint density at radius 2 is 1.90 bits per heavy atom. The lowest BCUT2D eigenvalue weighted by Gasteiger charge is -2.15. The maximum atomic E-state index is 12.0. The number of rotatable bonds is 5. The molecule has 2 aromatic rings. The maximum Gasteiger partial charge on any atom is 0.422 e. The van der Waals surface area contributed by atoms with Gasteiger partial charge >= 0.3 is 6.18 Å². The van der Waals surface area contributed by atoms with Crippen molar-refractivity contribution in [3.63, 3.8) is 0 Å². The second-order valence-corrected chi connectivity index (χ2v) is 4.44. The average molecular weight is 297 g/mol. The normalized spacial score (nSPS) is 12.8. The second-order valence-electron chi connectivity index (χ2n) is 4.44. The van der Waals surface area contributed by atoms with E-state index < -0.39 is 12.8 Å². The van der Waals surface area contributed by atoms with Crippen LogP contribution in [0.5, 0.6) is 5.88 Å². The highest BCUT2D eigenvalue weighted by molar-refractivity contribution is 5.44. The smallest absolute Gasteiger partial charge is 0.422 e. The number of halogens is 3. The zero-order chi connectivity index (χ0) is 15.3.